The zero-order valence-electron chi connectivity index (χ0n) is 17.3. The van der Waals surface area contributed by atoms with Gasteiger partial charge in [0.05, 0.1) is 25.3 Å². The maximum atomic E-state index is 12.4. The lowest BCUT2D eigenvalue weighted by Gasteiger charge is -2.22. The van der Waals surface area contributed by atoms with Crippen LogP contribution in [0.15, 0.2) is 12.5 Å². The smallest absolute Gasteiger partial charge is 0.326 e. The van der Waals surface area contributed by atoms with Crippen LogP contribution in [0.4, 0.5) is 0 Å². The second-order valence-corrected chi connectivity index (χ2v) is 7.35. The van der Waals surface area contributed by atoms with E-state index in [1.807, 2.05) is 0 Å². The minimum atomic E-state index is -1.64. The van der Waals surface area contributed by atoms with E-state index in [4.69, 9.17) is 15.9 Å². The summed E-state index contributed by atoms with van der Waals surface area (Å²) in [5.74, 6) is -5.06. The van der Waals surface area contributed by atoms with Crippen LogP contribution in [0.3, 0.4) is 0 Å². The Hall–Kier alpha value is -3.48. The molecule has 0 fully saturated rings. The molecule has 1 rings (SSSR count). The minimum absolute atomic E-state index is 0.0452. The number of aliphatic carboxylic acids is 2. The maximum absolute atomic E-state index is 12.4. The van der Waals surface area contributed by atoms with E-state index >= 15 is 0 Å². The van der Waals surface area contributed by atoms with Crippen LogP contribution in [0.25, 0.3) is 0 Å². The van der Waals surface area contributed by atoms with Gasteiger partial charge in [0.1, 0.15) is 12.1 Å². The summed E-state index contributed by atoms with van der Waals surface area (Å²) >= 11 is 0. The number of H-pyrrole nitrogens is 1. The van der Waals surface area contributed by atoms with Gasteiger partial charge in [-0.15, -0.1) is 0 Å². The molecule has 0 aliphatic rings. The van der Waals surface area contributed by atoms with Crippen molar-refractivity contribution in [1.82, 2.24) is 25.9 Å². The van der Waals surface area contributed by atoms with Crippen molar-refractivity contribution >= 4 is 29.7 Å². The third-order valence-corrected chi connectivity index (χ3v) is 4.11. The van der Waals surface area contributed by atoms with E-state index in [9.17, 15) is 24.0 Å². The molecule has 0 bridgehead atoms. The molecule has 13 nitrogen and oxygen atoms in total. The number of carboxylic acid groups (broad SMARTS) is 2. The summed E-state index contributed by atoms with van der Waals surface area (Å²) in [5, 5.41) is 24.8. The molecule has 3 unspecified atom stereocenters. The maximum Gasteiger partial charge on any atom is 0.326 e. The third kappa shape index (κ3) is 9.71. The van der Waals surface area contributed by atoms with Crippen molar-refractivity contribution in [2.75, 3.05) is 6.54 Å². The van der Waals surface area contributed by atoms with E-state index < -0.39 is 60.8 Å². The summed E-state index contributed by atoms with van der Waals surface area (Å²) in [5.41, 5.74) is 6.42. The molecule has 0 aliphatic carbocycles. The van der Waals surface area contributed by atoms with Gasteiger partial charge in [0.2, 0.25) is 17.7 Å². The summed E-state index contributed by atoms with van der Waals surface area (Å²) in [7, 11) is 0. The number of nitrogens with zero attached hydrogens (tertiary/aromatic N) is 1. The van der Waals surface area contributed by atoms with E-state index in [2.05, 4.69) is 25.9 Å². The van der Waals surface area contributed by atoms with Crippen LogP contribution in [0.5, 0.6) is 0 Å². The van der Waals surface area contributed by atoms with Gasteiger partial charge in [0.15, 0.2) is 0 Å². The van der Waals surface area contributed by atoms with Gasteiger partial charge in [-0.2, -0.15) is 0 Å². The molecule has 172 valence electrons. The Morgan fingerprint density at radius 3 is 2.29 bits per heavy atom. The number of nitrogens with two attached hydrogens (primary N) is 1. The summed E-state index contributed by atoms with van der Waals surface area (Å²) in [6.07, 6.45) is 2.51. The van der Waals surface area contributed by atoms with Crippen LogP contribution in [-0.4, -0.2) is 74.5 Å². The van der Waals surface area contributed by atoms with E-state index in [1.165, 1.54) is 12.5 Å². The normalized spacial score (nSPS) is 13.7. The first-order valence-electron chi connectivity index (χ1n) is 9.54. The molecule has 3 amide bonds. The van der Waals surface area contributed by atoms with Gasteiger partial charge in [-0.1, -0.05) is 13.8 Å². The van der Waals surface area contributed by atoms with Crippen LogP contribution in [-0.2, 0) is 30.4 Å². The molecule has 1 heterocycles. The highest BCUT2D eigenvalue weighted by molar-refractivity contribution is 5.93. The Morgan fingerprint density at radius 2 is 1.77 bits per heavy atom. The first kappa shape index (κ1) is 25.6. The number of carbonyl (C=O) groups excluding carboxylic acids is 3. The Kier molecular flexibility index (Phi) is 10.1. The van der Waals surface area contributed by atoms with Crippen molar-refractivity contribution in [2.45, 2.75) is 51.2 Å². The fraction of sp³-hybridized carbons (Fsp3) is 0.556. The molecule has 0 spiro atoms. The Balaban J connectivity index is 2.63. The molecule has 8 N–H and O–H groups in total. The number of aromatic nitrogens is 2. The molecular formula is C18H28N6O7. The second kappa shape index (κ2) is 12.3. The molecule has 1 aromatic rings. The van der Waals surface area contributed by atoms with Gasteiger partial charge in [-0.05, 0) is 12.3 Å². The molecule has 31 heavy (non-hydrogen) atoms. The number of nitrogens with one attached hydrogen (secondary N) is 4. The molecule has 0 aromatic carbocycles. The average Bonchev–Trinajstić information content (AvgIpc) is 3.17. The zero-order valence-corrected chi connectivity index (χ0v) is 17.3. The Labute approximate surface area is 178 Å². The van der Waals surface area contributed by atoms with Crippen LogP contribution < -0.4 is 21.7 Å². The van der Waals surface area contributed by atoms with Gasteiger partial charge >= 0.3 is 11.9 Å². The molecule has 1 aromatic heterocycles. The highest BCUT2D eigenvalue weighted by atomic mass is 16.4. The van der Waals surface area contributed by atoms with Crippen molar-refractivity contribution < 1.29 is 34.2 Å². The van der Waals surface area contributed by atoms with E-state index in [0.717, 1.165) is 0 Å². The molecule has 0 aliphatic heterocycles. The predicted octanol–water partition coefficient (Wildman–Crippen LogP) is -2.03. The number of carbonyl (C=O) groups is 5. The third-order valence-electron chi connectivity index (χ3n) is 4.11. The van der Waals surface area contributed by atoms with Gasteiger partial charge in [-0.25, -0.2) is 9.78 Å². The summed E-state index contributed by atoms with van der Waals surface area (Å²) < 4.78 is 0. The second-order valence-electron chi connectivity index (χ2n) is 7.35. The molecule has 0 radical (unpaired) electrons. The van der Waals surface area contributed by atoms with Gasteiger partial charge in [-0.3, -0.25) is 19.2 Å². The number of carboxylic acids is 2. The lowest BCUT2D eigenvalue weighted by atomic mass is 10.0. The highest BCUT2D eigenvalue weighted by Crippen LogP contribution is 2.06. The van der Waals surface area contributed by atoms with Crippen molar-refractivity contribution in [3.05, 3.63) is 18.2 Å². The number of hydrogen-bond donors (Lipinski definition) is 7. The minimum Gasteiger partial charge on any atom is -0.481 e. The largest absolute Gasteiger partial charge is 0.481 e. The van der Waals surface area contributed by atoms with Gasteiger partial charge < -0.3 is 36.9 Å². The Bertz CT molecular complexity index is 780. The zero-order chi connectivity index (χ0) is 23.6. The van der Waals surface area contributed by atoms with Crippen LogP contribution >= 0.6 is 0 Å². The highest BCUT2D eigenvalue weighted by Gasteiger charge is 2.28. The molecule has 0 saturated heterocycles. The van der Waals surface area contributed by atoms with Gasteiger partial charge in [0, 0.05) is 18.3 Å². The van der Waals surface area contributed by atoms with E-state index in [1.54, 1.807) is 13.8 Å². The first-order valence-corrected chi connectivity index (χ1v) is 9.54. The number of aromatic amines is 1. The van der Waals surface area contributed by atoms with Crippen LogP contribution in [0.1, 0.15) is 32.4 Å². The van der Waals surface area contributed by atoms with Crippen molar-refractivity contribution in [1.29, 1.82) is 0 Å². The van der Waals surface area contributed by atoms with Gasteiger partial charge in [0.25, 0.3) is 0 Å². The van der Waals surface area contributed by atoms with E-state index in [-0.39, 0.29) is 18.8 Å². The lowest BCUT2D eigenvalue weighted by molar-refractivity contribution is -0.147. The average molecular weight is 440 g/mol. The summed E-state index contributed by atoms with van der Waals surface area (Å²) in [6, 6.07) is -3.68. The summed E-state index contributed by atoms with van der Waals surface area (Å²) in [4.78, 5) is 65.3. The monoisotopic (exact) mass is 440 g/mol. The Morgan fingerprint density at radius 1 is 1.10 bits per heavy atom. The number of rotatable bonds is 13. The fourth-order valence-corrected chi connectivity index (χ4v) is 2.62. The van der Waals surface area contributed by atoms with Crippen LogP contribution in [0.2, 0.25) is 0 Å². The molecule has 0 saturated carbocycles. The molecular weight excluding hydrogens is 412 g/mol. The van der Waals surface area contributed by atoms with E-state index in [0.29, 0.717) is 5.69 Å². The topological polar surface area (TPSA) is 217 Å². The summed E-state index contributed by atoms with van der Waals surface area (Å²) in [6.45, 7) is 3.12. The van der Waals surface area contributed by atoms with Crippen molar-refractivity contribution in [3.63, 3.8) is 0 Å². The number of amides is 3. The SMILES string of the molecule is CC(C)CC(NC(=O)CNC(=O)C(N)Cc1cnc[nH]1)C(=O)NC(CC(=O)O)C(=O)O. The molecule has 13 heteroatoms. The van der Waals surface area contributed by atoms with Crippen molar-refractivity contribution in [3.8, 4) is 0 Å². The van der Waals surface area contributed by atoms with Crippen molar-refractivity contribution in [2.24, 2.45) is 11.7 Å². The number of imidazole rings is 1. The first-order chi connectivity index (χ1) is 14.5. The van der Waals surface area contributed by atoms with Crippen LogP contribution in [0, 0.1) is 5.92 Å². The predicted molar refractivity (Wildman–Crippen MR) is 106 cm³/mol. The molecule has 3 atom stereocenters. The number of hydrogen-bond acceptors (Lipinski definition) is 7. The lowest BCUT2D eigenvalue weighted by Crippen LogP contribution is -2.54. The fourth-order valence-electron chi connectivity index (χ4n) is 2.62. The quantitative estimate of drug-likeness (QED) is 0.180. The standard InChI is InChI=1S/C18H28N6O7/c1-9(2)3-12(17(29)24-13(18(30)31)5-15(26)27)23-14(25)7-21-16(28)11(19)4-10-6-20-8-22-10/h6,8-9,11-13H,3-5,7,19H2,1-2H3,(H,20,22)(H,21,28)(H,23,25)(H,24,29)(H,26,27)(H,30,31).